The summed E-state index contributed by atoms with van der Waals surface area (Å²) in [5.41, 5.74) is 3.33. The number of rotatable bonds is 6. The number of thiazole rings is 1. The molecule has 4 aromatic rings. The van der Waals surface area contributed by atoms with Crippen LogP contribution < -0.4 is 10.2 Å². The van der Waals surface area contributed by atoms with E-state index in [1.54, 1.807) is 30.2 Å². The van der Waals surface area contributed by atoms with Gasteiger partial charge in [-0.3, -0.25) is 9.36 Å². The van der Waals surface area contributed by atoms with E-state index < -0.39 is 0 Å². The third-order valence-corrected chi connectivity index (χ3v) is 7.41. The molecule has 1 N–H and O–H groups in total. The number of hydrogen-bond donors (Lipinski definition) is 1. The highest BCUT2D eigenvalue weighted by Crippen LogP contribution is 2.30. The Hall–Kier alpha value is -3.59. The van der Waals surface area contributed by atoms with Gasteiger partial charge in [-0.2, -0.15) is 0 Å². The van der Waals surface area contributed by atoms with Crippen molar-refractivity contribution in [3.63, 3.8) is 0 Å². The average molecular weight is 474 g/mol. The summed E-state index contributed by atoms with van der Waals surface area (Å²) in [6.07, 6.45) is 8.66. The van der Waals surface area contributed by atoms with Crippen LogP contribution in [0.25, 0.3) is 16.4 Å². The van der Waals surface area contributed by atoms with E-state index in [0.29, 0.717) is 13.1 Å². The standard InChI is InChI=1S/C25H27N7OS/c1-17-6-3-4-8-20(17)25-30-18(2)21(34-25)13-27-24(33)19-7-5-10-31(14-19)22-12-23(29-15-28-22)32-11-9-26-16-32/h3-4,6,8-9,11-12,15-16,19H,5,7,10,13-14H2,1-2H3,(H,27,33). The van der Waals surface area contributed by atoms with Crippen molar-refractivity contribution in [3.05, 3.63) is 71.5 Å². The molecular weight excluding hydrogens is 446 g/mol. The normalized spacial score (nSPS) is 15.9. The number of carbonyl (C=O) groups is 1. The zero-order valence-electron chi connectivity index (χ0n) is 19.3. The number of anilines is 1. The number of nitrogens with zero attached hydrogens (tertiary/aromatic N) is 6. The lowest BCUT2D eigenvalue weighted by Gasteiger charge is -2.32. The molecule has 1 atom stereocenters. The maximum atomic E-state index is 13.0. The van der Waals surface area contributed by atoms with Gasteiger partial charge in [0.2, 0.25) is 5.91 Å². The molecule has 1 amide bonds. The molecule has 4 heterocycles. The van der Waals surface area contributed by atoms with Crippen molar-refractivity contribution in [1.82, 2.24) is 29.8 Å². The predicted octanol–water partition coefficient (Wildman–Crippen LogP) is 3.94. The zero-order chi connectivity index (χ0) is 23.5. The maximum absolute atomic E-state index is 13.0. The molecule has 3 aromatic heterocycles. The highest BCUT2D eigenvalue weighted by molar-refractivity contribution is 7.15. The van der Waals surface area contributed by atoms with E-state index in [4.69, 9.17) is 4.98 Å². The molecule has 1 aliphatic rings. The van der Waals surface area contributed by atoms with Gasteiger partial charge in [0, 0.05) is 42.0 Å². The third-order valence-electron chi connectivity index (χ3n) is 6.21. The number of nitrogens with one attached hydrogen (secondary N) is 1. The summed E-state index contributed by atoms with van der Waals surface area (Å²) in [6, 6.07) is 10.2. The number of piperidine rings is 1. The largest absolute Gasteiger partial charge is 0.356 e. The molecular formula is C25H27N7OS. The van der Waals surface area contributed by atoms with Crippen LogP contribution >= 0.6 is 11.3 Å². The van der Waals surface area contributed by atoms with E-state index >= 15 is 0 Å². The van der Waals surface area contributed by atoms with Crippen molar-refractivity contribution in [3.8, 4) is 16.4 Å². The van der Waals surface area contributed by atoms with E-state index in [9.17, 15) is 4.79 Å². The summed E-state index contributed by atoms with van der Waals surface area (Å²) in [4.78, 5) is 33.9. The van der Waals surface area contributed by atoms with Gasteiger partial charge < -0.3 is 10.2 Å². The average Bonchev–Trinajstić information content (AvgIpc) is 3.53. The topological polar surface area (TPSA) is 88.8 Å². The lowest BCUT2D eigenvalue weighted by molar-refractivity contribution is -0.125. The summed E-state index contributed by atoms with van der Waals surface area (Å²) in [5.74, 6) is 1.60. The number of aromatic nitrogens is 5. The molecule has 0 saturated carbocycles. The van der Waals surface area contributed by atoms with Crippen LogP contribution in [0.4, 0.5) is 5.82 Å². The van der Waals surface area contributed by atoms with Crippen LogP contribution in [0.2, 0.25) is 0 Å². The van der Waals surface area contributed by atoms with Crippen LogP contribution in [-0.4, -0.2) is 43.5 Å². The molecule has 8 nitrogen and oxygen atoms in total. The second kappa shape index (κ2) is 9.72. The minimum atomic E-state index is -0.0792. The molecule has 174 valence electrons. The van der Waals surface area contributed by atoms with Crippen molar-refractivity contribution in [1.29, 1.82) is 0 Å². The van der Waals surface area contributed by atoms with E-state index in [-0.39, 0.29) is 11.8 Å². The minimum Gasteiger partial charge on any atom is -0.356 e. The van der Waals surface area contributed by atoms with E-state index in [1.165, 1.54) is 5.56 Å². The summed E-state index contributed by atoms with van der Waals surface area (Å²) in [7, 11) is 0. The van der Waals surface area contributed by atoms with Gasteiger partial charge in [-0.15, -0.1) is 11.3 Å². The smallest absolute Gasteiger partial charge is 0.225 e. The monoisotopic (exact) mass is 473 g/mol. The third kappa shape index (κ3) is 4.70. The maximum Gasteiger partial charge on any atom is 0.225 e. The fraction of sp³-hybridized carbons (Fsp3) is 0.320. The number of carbonyl (C=O) groups excluding carboxylic acids is 1. The van der Waals surface area contributed by atoms with Gasteiger partial charge in [0.1, 0.15) is 29.3 Å². The number of aryl methyl sites for hydroxylation is 2. The summed E-state index contributed by atoms with van der Waals surface area (Å²) in [5, 5.41) is 4.16. The Kier molecular flexibility index (Phi) is 6.35. The first-order chi connectivity index (χ1) is 16.6. The van der Waals surface area contributed by atoms with Crippen LogP contribution in [0.1, 0.15) is 29.0 Å². The van der Waals surface area contributed by atoms with Gasteiger partial charge in [0.15, 0.2) is 0 Å². The highest BCUT2D eigenvalue weighted by Gasteiger charge is 2.27. The molecule has 0 bridgehead atoms. The van der Waals surface area contributed by atoms with Gasteiger partial charge in [0.05, 0.1) is 18.2 Å². The van der Waals surface area contributed by atoms with Crippen LogP contribution in [0, 0.1) is 19.8 Å². The fourth-order valence-corrected chi connectivity index (χ4v) is 5.37. The molecule has 0 radical (unpaired) electrons. The molecule has 1 aliphatic heterocycles. The van der Waals surface area contributed by atoms with E-state index in [1.807, 2.05) is 35.9 Å². The Labute approximate surface area is 202 Å². The van der Waals surface area contributed by atoms with Gasteiger partial charge in [-0.25, -0.2) is 19.9 Å². The van der Waals surface area contributed by atoms with Gasteiger partial charge >= 0.3 is 0 Å². The molecule has 1 fully saturated rings. The molecule has 5 rings (SSSR count). The quantitative estimate of drug-likeness (QED) is 0.456. The Morgan fingerprint density at radius 1 is 1.21 bits per heavy atom. The summed E-state index contributed by atoms with van der Waals surface area (Å²) < 4.78 is 1.85. The van der Waals surface area contributed by atoms with Gasteiger partial charge in [-0.05, 0) is 32.3 Å². The highest BCUT2D eigenvalue weighted by atomic mass is 32.1. The first-order valence-electron chi connectivity index (χ1n) is 11.4. The molecule has 0 aliphatic carbocycles. The van der Waals surface area contributed by atoms with Crippen molar-refractivity contribution >= 4 is 23.1 Å². The van der Waals surface area contributed by atoms with Crippen LogP contribution in [0.3, 0.4) is 0 Å². The lowest BCUT2D eigenvalue weighted by atomic mass is 9.97. The summed E-state index contributed by atoms with van der Waals surface area (Å²) >= 11 is 1.65. The molecule has 9 heteroatoms. The Morgan fingerprint density at radius 3 is 2.88 bits per heavy atom. The zero-order valence-corrected chi connectivity index (χ0v) is 20.1. The Balaban J connectivity index is 1.23. The number of imidazole rings is 1. The molecule has 34 heavy (non-hydrogen) atoms. The lowest BCUT2D eigenvalue weighted by Crippen LogP contribution is -2.43. The Morgan fingerprint density at radius 2 is 2.06 bits per heavy atom. The predicted molar refractivity (Wildman–Crippen MR) is 133 cm³/mol. The first kappa shape index (κ1) is 22.2. The second-order valence-electron chi connectivity index (χ2n) is 8.55. The molecule has 1 saturated heterocycles. The van der Waals surface area contributed by atoms with Crippen molar-refractivity contribution in [2.45, 2.75) is 33.2 Å². The van der Waals surface area contributed by atoms with E-state index in [2.05, 4.69) is 44.2 Å². The molecule has 1 aromatic carbocycles. The number of amides is 1. The van der Waals surface area contributed by atoms with Crippen molar-refractivity contribution in [2.75, 3.05) is 18.0 Å². The van der Waals surface area contributed by atoms with Crippen molar-refractivity contribution in [2.24, 2.45) is 5.92 Å². The Bertz CT molecular complexity index is 1280. The van der Waals surface area contributed by atoms with E-state index in [0.717, 1.165) is 52.2 Å². The fourth-order valence-electron chi connectivity index (χ4n) is 4.28. The van der Waals surface area contributed by atoms with Crippen LogP contribution in [0.5, 0.6) is 0 Å². The van der Waals surface area contributed by atoms with Crippen molar-refractivity contribution < 1.29 is 4.79 Å². The first-order valence-corrected chi connectivity index (χ1v) is 12.3. The SMILES string of the molecule is Cc1ccccc1-c1nc(C)c(CNC(=O)C2CCCN(c3cc(-n4ccnc4)ncn3)C2)s1. The number of benzene rings is 1. The second-order valence-corrected chi connectivity index (χ2v) is 9.63. The molecule has 0 spiro atoms. The number of hydrogen-bond acceptors (Lipinski definition) is 7. The van der Waals surface area contributed by atoms with Gasteiger partial charge in [-0.1, -0.05) is 24.3 Å². The molecule has 1 unspecified atom stereocenters. The minimum absolute atomic E-state index is 0.0792. The summed E-state index contributed by atoms with van der Waals surface area (Å²) in [6.45, 7) is 6.12. The van der Waals surface area contributed by atoms with Gasteiger partial charge in [0.25, 0.3) is 0 Å². The van der Waals surface area contributed by atoms with Crippen LogP contribution in [-0.2, 0) is 11.3 Å². The van der Waals surface area contributed by atoms with Crippen LogP contribution in [0.15, 0.2) is 55.4 Å².